The van der Waals surface area contributed by atoms with Gasteiger partial charge in [-0.2, -0.15) is 0 Å². The fraction of sp³-hybridized carbons (Fsp3) is 0.222. The number of hydrogen-bond donors (Lipinski definition) is 2. The van der Waals surface area contributed by atoms with Gasteiger partial charge in [0.15, 0.2) is 0 Å². The zero-order chi connectivity index (χ0) is 14.1. The number of H-pyrrole nitrogens is 1. The lowest BCUT2D eigenvalue weighted by atomic mass is 10.1. The maximum absolute atomic E-state index is 3.61. The molecule has 21 heavy (non-hydrogen) atoms. The van der Waals surface area contributed by atoms with Gasteiger partial charge >= 0.3 is 0 Å². The molecule has 1 aromatic heterocycles. The van der Waals surface area contributed by atoms with Crippen LogP contribution in [0.4, 0.5) is 5.69 Å². The van der Waals surface area contributed by atoms with Crippen LogP contribution in [0.5, 0.6) is 0 Å². The number of nitrogens with zero attached hydrogens (tertiary/aromatic N) is 1. The van der Waals surface area contributed by atoms with Crippen LogP contribution in [0.15, 0.2) is 54.6 Å². The molecule has 3 aromatic rings. The molecular weight excluding hydrogens is 258 g/mol. The number of benzene rings is 2. The van der Waals surface area contributed by atoms with Gasteiger partial charge in [-0.15, -0.1) is 0 Å². The molecule has 0 bridgehead atoms. The second-order valence-corrected chi connectivity index (χ2v) is 5.57. The maximum Gasteiger partial charge on any atom is 0.0808 e. The number of aromatic amines is 1. The summed E-state index contributed by atoms with van der Waals surface area (Å²) in [5, 5.41) is 3.61. The van der Waals surface area contributed by atoms with E-state index in [1.54, 1.807) is 0 Å². The molecule has 3 heteroatoms. The van der Waals surface area contributed by atoms with Gasteiger partial charge in [0.2, 0.25) is 0 Å². The molecule has 1 saturated heterocycles. The van der Waals surface area contributed by atoms with E-state index in [1.807, 2.05) is 0 Å². The lowest BCUT2D eigenvalue weighted by Gasteiger charge is -2.19. The summed E-state index contributed by atoms with van der Waals surface area (Å²) in [6.07, 6.45) is 2.13. The number of hydrogen-bond acceptors (Lipinski definition) is 2. The van der Waals surface area contributed by atoms with Gasteiger partial charge in [-0.05, 0) is 18.1 Å². The zero-order valence-electron chi connectivity index (χ0n) is 12.0. The van der Waals surface area contributed by atoms with Crippen LogP contribution in [0, 0.1) is 0 Å². The molecule has 2 N–H and O–H groups in total. The largest absolute Gasteiger partial charge is 0.356 e. The van der Waals surface area contributed by atoms with Gasteiger partial charge in [0.1, 0.15) is 0 Å². The second kappa shape index (κ2) is 5.26. The monoisotopic (exact) mass is 277 g/mol. The lowest BCUT2D eigenvalue weighted by Crippen LogP contribution is -2.31. The molecule has 2 aromatic carbocycles. The number of fused-ring (bicyclic) bond motifs is 1. The topological polar surface area (TPSA) is 31.1 Å². The first-order chi connectivity index (χ1) is 10.4. The van der Waals surface area contributed by atoms with Crippen molar-refractivity contribution in [2.75, 3.05) is 18.1 Å². The Morgan fingerprint density at radius 1 is 0.952 bits per heavy atom. The number of aromatic nitrogens is 1. The van der Waals surface area contributed by atoms with Crippen molar-refractivity contribution in [3.05, 3.63) is 65.9 Å². The van der Waals surface area contributed by atoms with Crippen molar-refractivity contribution in [2.24, 2.45) is 0 Å². The molecular formula is C18H19N3. The molecule has 0 radical (unpaired) electrons. The van der Waals surface area contributed by atoms with Crippen molar-refractivity contribution >= 4 is 16.6 Å². The summed E-state index contributed by atoms with van der Waals surface area (Å²) in [7, 11) is 0. The molecule has 0 atom stereocenters. The van der Waals surface area contributed by atoms with Crippen LogP contribution in [0.1, 0.15) is 17.7 Å². The minimum atomic E-state index is 0.934. The van der Waals surface area contributed by atoms with Crippen molar-refractivity contribution in [3.8, 4) is 0 Å². The van der Waals surface area contributed by atoms with Crippen molar-refractivity contribution in [2.45, 2.75) is 12.8 Å². The van der Waals surface area contributed by atoms with Crippen LogP contribution in [0.3, 0.4) is 0 Å². The van der Waals surface area contributed by atoms with Gasteiger partial charge in [0.25, 0.3) is 0 Å². The third kappa shape index (κ3) is 2.30. The number of hydrazine groups is 1. The van der Waals surface area contributed by atoms with E-state index in [0.717, 1.165) is 19.5 Å². The van der Waals surface area contributed by atoms with E-state index in [0.29, 0.717) is 0 Å². The molecule has 0 aliphatic carbocycles. The van der Waals surface area contributed by atoms with Gasteiger partial charge < -0.3 is 9.99 Å². The van der Waals surface area contributed by atoms with Crippen LogP contribution in [-0.4, -0.2) is 18.1 Å². The first-order valence-corrected chi connectivity index (χ1v) is 7.56. The third-order valence-electron chi connectivity index (χ3n) is 4.11. The molecule has 0 amide bonds. The first kappa shape index (κ1) is 12.5. The summed E-state index contributed by atoms with van der Waals surface area (Å²) in [4.78, 5) is 3.61. The van der Waals surface area contributed by atoms with E-state index in [-0.39, 0.29) is 0 Å². The smallest absolute Gasteiger partial charge is 0.0808 e. The Hall–Kier alpha value is -2.26. The quantitative estimate of drug-likeness (QED) is 0.768. The molecule has 0 unspecified atom stereocenters. The number of rotatable bonds is 3. The van der Waals surface area contributed by atoms with Gasteiger partial charge in [-0.3, -0.25) is 0 Å². The average molecular weight is 277 g/mol. The standard InChI is InChI=1S/C18H19N3/c1-2-7-14(8-3-1)13-17-18(21-12-6-11-19-21)15-9-4-5-10-16(15)20-17/h1-5,7-10,19-20H,6,11-13H2. The Balaban J connectivity index is 1.81. The Morgan fingerprint density at radius 3 is 2.57 bits per heavy atom. The summed E-state index contributed by atoms with van der Waals surface area (Å²) < 4.78 is 0. The SMILES string of the molecule is c1ccc(Cc2[nH]c3ccccc3c2N2CCCN2)cc1. The van der Waals surface area contributed by atoms with Crippen LogP contribution in [0.25, 0.3) is 10.9 Å². The number of para-hydroxylation sites is 1. The minimum Gasteiger partial charge on any atom is -0.356 e. The van der Waals surface area contributed by atoms with Crippen LogP contribution >= 0.6 is 0 Å². The highest BCUT2D eigenvalue weighted by molar-refractivity contribution is 5.95. The normalized spacial score (nSPS) is 15.0. The lowest BCUT2D eigenvalue weighted by molar-refractivity contribution is 0.784. The van der Waals surface area contributed by atoms with Crippen LogP contribution < -0.4 is 10.4 Å². The summed E-state index contributed by atoms with van der Waals surface area (Å²) in [5.41, 5.74) is 8.64. The third-order valence-corrected chi connectivity index (χ3v) is 4.11. The molecule has 1 aliphatic heterocycles. The maximum atomic E-state index is 3.61. The molecule has 4 rings (SSSR count). The number of anilines is 1. The van der Waals surface area contributed by atoms with Crippen LogP contribution in [-0.2, 0) is 6.42 Å². The average Bonchev–Trinajstić information content (AvgIpc) is 3.14. The Morgan fingerprint density at radius 2 is 1.76 bits per heavy atom. The molecule has 3 nitrogen and oxygen atoms in total. The van der Waals surface area contributed by atoms with E-state index >= 15 is 0 Å². The predicted octanol–water partition coefficient (Wildman–Crippen LogP) is 3.47. The fourth-order valence-electron chi connectivity index (χ4n) is 3.14. The summed E-state index contributed by atoms with van der Waals surface area (Å²) in [5.74, 6) is 0. The Kier molecular flexibility index (Phi) is 3.13. The molecule has 0 spiro atoms. The highest BCUT2D eigenvalue weighted by Crippen LogP contribution is 2.32. The summed E-state index contributed by atoms with van der Waals surface area (Å²) in [6.45, 7) is 2.13. The van der Waals surface area contributed by atoms with Crippen molar-refractivity contribution in [3.63, 3.8) is 0 Å². The summed E-state index contributed by atoms with van der Waals surface area (Å²) in [6, 6.07) is 19.2. The van der Waals surface area contributed by atoms with E-state index in [1.165, 1.54) is 34.3 Å². The number of nitrogens with one attached hydrogen (secondary N) is 2. The zero-order valence-corrected chi connectivity index (χ0v) is 12.0. The summed E-state index contributed by atoms with van der Waals surface area (Å²) >= 11 is 0. The molecule has 0 saturated carbocycles. The van der Waals surface area contributed by atoms with Gasteiger partial charge in [-0.1, -0.05) is 48.5 Å². The van der Waals surface area contributed by atoms with Crippen molar-refractivity contribution in [1.29, 1.82) is 0 Å². The second-order valence-electron chi connectivity index (χ2n) is 5.57. The van der Waals surface area contributed by atoms with Gasteiger partial charge in [0.05, 0.1) is 5.69 Å². The van der Waals surface area contributed by atoms with E-state index in [2.05, 4.69) is 70.0 Å². The van der Waals surface area contributed by atoms with Crippen molar-refractivity contribution in [1.82, 2.24) is 10.4 Å². The predicted molar refractivity (Wildman–Crippen MR) is 87.5 cm³/mol. The van der Waals surface area contributed by atoms with E-state index in [9.17, 15) is 0 Å². The molecule has 1 fully saturated rings. The first-order valence-electron chi connectivity index (χ1n) is 7.56. The molecule has 106 valence electrons. The van der Waals surface area contributed by atoms with Gasteiger partial charge in [0, 0.05) is 36.1 Å². The minimum absolute atomic E-state index is 0.934. The molecule has 1 aliphatic rings. The molecule has 2 heterocycles. The van der Waals surface area contributed by atoms with E-state index in [4.69, 9.17) is 0 Å². The van der Waals surface area contributed by atoms with Gasteiger partial charge in [-0.25, -0.2) is 5.43 Å². The van der Waals surface area contributed by atoms with Crippen LogP contribution in [0.2, 0.25) is 0 Å². The Bertz CT molecular complexity index is 740. The Labute approximate surface area is 124 Å². The fourth-order valence-corrected chi connectivity index (χ4v) is 3.14. The van der Waals surface area contributed by atoms with Crippen molar-refractivity contribution < 1.29 is 0 Å². The highest BCUT2D eigenvalue weighted by Gasteiger charge is 2.20. The highest BCUT2D eigenvalue weighted by atomic mass is 15.5. The van der Waals surface area contributed by atoms with E-state index < -0.39 is 0 Å².